The summed E-state index contributed by atoms with van der Waals surface area (Å²) < 4.78 is 0. The van der Waals surface area contributed by atoms with E-state index in [0.717, 1.165) is 0 Å². The first-order valence-corrected chi connectivity index (χ1v) is 4.86. The lowest BCUT2D eigenvalue weighted by Gasteiger charge is -2.28. The van der Waals surface area contributed by atoms with Gasteiger partial charge in [-0.25, -0.2) is 0 Å². The van der Waals surface area contributed by atoms with Crippen LogP contribution in [0.1, 0.15) is 31.9 Å². The van der Waals surface area contributed by atoms with Crippen molar-refractivity contribution in [3.63, 3.8) is 0 Å². The number of fused-ring (bicyclic) bond motifs is 1. The molecule has 1 aromatic carbocycles. The van der Waals surface area contributed by atoms with Gasteiger partial charge in [0.25, 0.3) is 0 Å². The average molecular weight is 172 g/mol. The molecular weight excluding hydrogens is 156 g/mol. The van der Waals surface area contributed by atoms with Gasteiger partial charge in [-0.1, -0.05) is 44.2 Å². The molecule has 0 aromatic heterocycles. The van der Waals surface area contributed by atoms with Gasteiger partial charge in [-0.15, -0.1) is 0 Å². The number of benzene rings is 1. The molecule has 0 fully saturated rings. The topological polar surface area (TPSA) is 0 Å². The third-order valence-electron chi connectivity index (χ3n) is 2.70. The van der Waals surface area contributed by atoms with Crippen molar-refractivity contribution in [2.45, 2.75) is 27.2 Å². The highest BCUT2D eigenvalue weighted by molar-refractivity contribution is 5.69. The molecule has 0 radical (unpaired) electrons. The van der Waals surface area contributed by atoms with E-state index in [9.17, 15) is 0 Å². The second-order valence-electron chi connectivity index (χ2n) is 4.65. The summed E-state index contributed by atoms with van der Waals surface area (Å²) >= 11 is 0. The Bertz CT molecular complexity index is 356. The highest BCUT2D eigenvalue weighted by Crippen LogP contribution is 2.35. The molecule has 0 heterocycles. The van der Waals surface area contributed by atoms with Crippen LogP contribution in [0.15, 0.2) is 30.3 Å². The highest BCUT2D eigenvalue weighted by atomic mass is 14.3. The molecule has 0 amide bonds. The predicted octanol–water partition coefficient (Wildman–Crippen LogP) is 3.67. The minimum absolute atomic E-state index is 0.332. The summed E-state index contributed by atoms with van der Waals surface area (Å²) in [6.45, 7) is 6.80. The van der Waals surface area contributed by atoms with Crippen molar-refractivity contribution in [1.29, 1.82) is 0 Å². The molecular formula is C13H16. The molecule has 0 saturated heterocycles. The van der Waals surface area contributed by atoms with Gasteiger partial charge in [-0.3, -0.25) is 0 Å². The molecule has 0 aliphatic heterocycles. The largest absolute Gasteiger partial charge is 0.0750 e. The number of hydrogen-bond donors (Lipinski definition) is 0. The summed E-state index contributed by atoms with van der Waals surface area (Å²) in [5.74, 6) is 0. The maximum Gasteiger partial charge on any atom is -0.0128 e. The molecule has 0 saturated carbocycles. The Morgan fingerprint density at radius 2 is 1.85 bits per heavy atom. The third kappa shape index (κ3) is 1.53. The molecule has 0 heteroatoms. The van der Waals surface area contributed by atoms with Crippen LogP contribution in [0.25, 0.3) is 5.57 Å². The maximum atomic E-state index is 2.38. The molecule has 2 rings (SSSR count). The fourth-order valence-corrected chi connectivity index (χ4v) is 2.26. The average Bonchev–Trinajstić information content (AvgIpc) is 2.02. The first-order chi connectivity index (χ1) is 6.08. The molecule has 0 atom stereocenters. The summed E-state index contributed by atoms with van der Waals surface area (Å²) in [5, 5.41) is 0. The molecule has 0 nitrogen and oxygen atoms in total. The van der Waals surface area contributed by atoms with Crippen LogP contribution in [0.4, 0.5) is 0 Å². The zero-order valence-corrected chi connectivity index (χ0v) is 8.59. The van der Waals surface area contributed by atoms with Crippen molar-refractivity contribution in [3.05, 3.63) is 41.5 Å². The summed E-state index contributed by atoms with van der Waals surface area (Å²) in [6.07, 6.45) is 3.55. The van der Waals surface area contributed by atoms with Gasteiger partial charge in [0.1, 0.15) is 0 Å². The van der Waals surface area contributed by atoms with E-state index in [1.54, 1.807) is 0 Å². The molecule has 1 aliphatic carbocycles. The van der Waals surface area contributed by atoms with E-state index in [-0.39, 0.29) is 0 Å². The molecule has 0 bridgehead atoms. The predicted molar refractivity (Wildman–Crippen MR) is 57.6 cm³/mol. The number of hydrogen-bond acceptors (Lipinski definition) is 0. The smallest absolute Gasteiger partial charge is 0.0128 e. The standard InChI is InChI=1S/C13H16/c1-10-8-13(2,3)9-11-6-4-5-7-12(10)11/h4-8H,9H2,1-3H3. The third-order valence-corrected chi connectivity index (χ3v) is 2.70. The SMILES string of the molecule is CC1=CC(C)(C)Cc2ccccc21. The van der Waals surface area contributed by atoms with Crippen LogP contribution < -0.4 is 0 Å². The van der Waals surface area contributed by atoms with E-state index in [2.05, 4.69) is 51.1 Å². The maximum absolute atomic E-state index is 2.38. The van der Waals surface area contributed by atoms with E-state index < -0.39 is 0 Å². The number of allylic oxidation sites excluding steroid dienone is 2. The lowest BCUT2D eigenvalue weighted by atomic mass is 9.77. The number of rotatable bonds is 0. The van der Waals surface area contributed by atoms with E-state index in [1.807, 2.05) is 0 Å². The molecule has 1 aliphatic rings. The van der Waals surface area contributed by atoms with Crippen molar-refractivity contribution in [3.8, 4) is 0 Å². The lowest BCUT2D eigenvalue weighted by molar-refractivity contribution is 0.472. The second kappa shape index (κ2) is 2.73. The molecule has 13 heavy (non-hydrogen) atoms. The van der Waals surface area contributed by atoms with Crippen LogP contribution in [-0.4, -0.2) is 0 Å². The van der Waals surface area contributed by atoms with Gasteiger partial charge in [-0.2, -0.15) is 0 Å². The Morgan fingerprint density at radius 3 is 2.62 bits per heavy atom. The van der Waals surface area contributed by atoms with Crippen LogP contribution in [0.5, 0.6) is 0 Å². The molecule has 0 N–H and O–H groups in total. The van der Waals surface area contributed by atoms with E-state index in [1.165, 1.54) is 23.1 Å². The van der Waals surface area contributed by atoms with Gasteiger partial charge in [0.2, 0.25) is 0 Å². The van der Waals surface area contributed by atoms with Crippen molar-refractivity contribution in [1.82, 2.24) is 0 Å². The zero-order valence-electron chi connectivity index (χ0n) is 8.59. The van der Waals surface area contributed by atoms with E-state index >= 15 is 0 Å². The monoisotopic (exact) mass is 172 g/mol. The first-order valence-electron chi connectivity index (χ1n) is 4.86. The molecule has 0 unspecified atom stereocenters. The van der Waals surface area contributed by atoms with Crippen LogP contribution >= 0.6 is 0 Å². The Labute approximate surface area is 80.3 Å². The summed E-state index contributed by atoms with van der Waals surface area (Å²) in [5.41, 5.74) is 4.68. The van der Waals surface area contributed by atoms with Crippen LogP contribution in [0.2, 0.25) is 0 Å². The van der Waals surface area contributed by atoms with Crippen LogP contribution in [-0.2, 0) is 6.42 Å². The van der Waals surface area contributed by atoms with Gasteiger partial charge < -0.3 is 0 Å². The van der Waals surface area contributed by atoms with E-state index in [0.29, 0.717) is 5.41 Å². The van der Waals surface area contributed by atoms with Crippen molar-refractivity contribution < 1.29 is 0 Å². The summed E-state index contributed by atoms with van der Waals surface area (Å²) in [6, 6.07) is 8.71. The Morgan fingerprint density at radius 1 is 1.15 bits per heavy atom. The van der Waals surface area contributed by atoms with Gasteiger partial charge in [0.15, 0.2) is 0 Å². The highest BCUT2D eigenvalue weighted by Gasteiger charge is 2.22. The minimum atomic E-state index is 0.332. The van der Waals surface area contributed by atoms with Gasteiger partial charge in [0, 0.05) is 0 Å². The van der Waals surface area contributed by atoms with Crippen molar-refractivity contribution in [2.75, 3.05) is 0 Å². The summed E-state index contributed by atoms with van der Waals surface area (Å²) in [4.78, 5) is 0. The Kier molecular flexibility index (Phi) is 1.80. The van der Waals surface area contributed by atoms with Gasteiger partial charge in [0.05, 0.1) is 0 Å². The molecule has 1 aromatic rings. The quantitative estimate of drug-likeness (QED) is 0.560. The van der Waals surface area contributed by atoms with Crippen molar-refractivity contribution >= 4 is 5.57 Å². The molecule has 0 spiro atoms. The Balaban J connectivity index is 2.55. The fourth-order valence-electron chi connectivity index (χ4n) is 2.26. The molecule has 68 valence electrons. The van der Waals surface area contributed by atoms with Crippen LogP contribution in [0.3, 0.4) is 0 Å². The van der Waals surface area contributed by atoms with E-state index in [4.69, 9.17) is 0 Å². The van der Waals surface area contributed by atoms with Gasteiger partial charge >= 0.3 is 0 Å². The fraction of sp³-hybridized carbons (Fsp3) is 0.385. The summed E-state index contributed by atoms with van der Waals surface area (Å²) in [7, 11) is 0. The first kappa shape index (κ1) is 8.55. The minimum Gasteiger partial charge on any atom is -0.0750 e. The normalized spacial score (nSPS) is 19.2. The Hall–Kier alpha value is -1.04. The zero-order chi connectivity index (χ0) is 9.47. The second-order valence-corrected chi connectivity index (χ2v) is 4.65. The lowest BCUT2D eigenvalue weighted by Crippen LogP contribution is -2.17. The van der Waals surface area contributed by atoms with Crippen molar-refractivity contribution in [2.24, 2.45) is 5.41 Å². The van der Waals surface area contributed by atoms with Gasteiger partial charge in [-0.05, 0) is 35.5 Å². The van der Waals surface area contributed by atoms with Crippen LogP contribution in [0, 0.1) is 5.41 Å².